The minimum absolute atomic E-state index is 0.140. The van der Waals surface area contributed by atoms with E-state index in [0.29, 0.717) is 17.0 Å². The van der Waals surface area contributed by atoms with Crippen molar-refractivity contribution in [3.8, 4) is 11.8 Å². The van der Waals surface area contributed by atoms with Gasteiger partial charge in [-0.05, 0) is 18.2 Å². The van der Waals surface area contributed by atoms with E-state index in [2.05, 4.69) is 5.32 Å². The fourth-order valence-corrected chi connectivity index (χ4v) is 1.73. The molecule has 0 atom stereocenters. The van der Waals surface area contributed by atoms with Gasteiger partial charge in [0.2, 0.25) is 0 Å². The number of carbonyl (C=O) groups excluding carboxylic acids is 1. The molecule has 6 heteroatoms. The predicted molar refractivity (Wildman–Crippen MR) is 61.8 cm³/mol. The first-order chi connectivity index (χ1) is 8.58. The number of carboxylic acids is 1. The van der Waals surface area contributed by atoms with Crippen LogP contribution in [0.3, 0.4) is 0 Å². The monoisotopic (exact) mass is 244 g/mol. The van der Waals surface area contributed by atoms with E-state index in [9.17, 15) is 9.59 Å². The molecule has 90 valence electrons. The number of carboxylic acid groups (broad SMARTS) is 1. The lowest BCUT2D eigenvalue weighted by Crippen LogP contribution is -2.09. The van der Waals surface area contributed by atoms with Crippen LogP contribution in [0.25, 0.3) is 5.57 Å². The van der Waals surface area contributed by atoms with Crippen LogP contribution in [0, 0.1) is 11.3 Å². The molecule has 0 radical (unpaired) electrons. The number of nitriles is 1. The minimum atomic E-state index is -1.43. The van der Waals surface area contributed by atoms with E-state index >= 15 is 0 Å². The topological polar surface area (TPSA) is 99.4 Å². The maximum Gasteiger partial charge on any atom is 0.347 e. The number of rotatable bonds is 2. The Morgan fingerprint density at radius 1 is 1.50 bits per heavy atom. The smallest absolute Gasteiger partial charge is 0.347 e. The Labute approximate surface area is 102 Å². The second-order valence-corrected chi connectivity index (χ2v) is 3.53. The number of anilines is 1. The second kappa shape index (κ2) is 4.22. The number of ether oxygens (including phenoxy) is 1. The SMILES string of the molecule is COc1ccc2c(c1)/C(=C(\C#N)C(=O)O)C(=O)N2. The van der Waals surface area contributed by atoms with Crippen LogP contribution in [0.2, 0.25) is 0 Å². The summed E-state index contributed by atoms with van der Waals surface area (Å²) in [4.78, 5) is 22.6. The van der Waals surface area contributed by atoms with Gasteiger partial charge in [0.1, 0.15) is 11.8 Å². The highest BCUT2D eigenvalue weighted by molar-refractivity contribution is 6.35. The third kappa shape index (κ3) is 1.68. The average Bonchev–Trinajstić information content (AvgIpc) is 2.66. The fraction of sp³-hybridized carbons (Fsp3) is 0.0833. The van der Waals surface area contributed by atoms with E-state index in [1.807, 2.05) is 0 Å². The van der Waals surface area contributed by atoms with Gasteiger partial charge in [0, 0.05) is 11.3 Å². The molecule has 1 amide bonds. The molecule has 1 aromatic carbocycles. The summed E-state index contributed by atoms with van der Waals surface area (Å²) >= 11 is 0. The number of hydrogen-bond donors (Lipinski definition) is 2. The van der Waals surface area contributed by atoms with Crippen molar-refractivity contribution in [3.63, 3.8) is 0 Å². The number of fused-ring (bicyclic) bond motifs is 1. The number of methoxy groups -OCH3 is 1. The first-order valence-corrected chi connectivity index (χ1v) is 4.96. The van der Waals surface area contributed by atoms with Gasteiger partial charge in [-0.3, -0.25) is 4.79 Å². The van der Waals surface area contributed by atoms with Gasteiger partial charge < -0.3 is 15.2 Å². The summed E-state index contributed by atoms with van der Waals surface area (Å²) in [6.07, 6.45) is 0. The minimum Gasteiger partial charge on any atom is -0.497 e. The average molecular weight is 244 g/mol. The summed E-state index contributed by atoms with van der Waals surface area (Å²) < 4.78 is 5.00. The lowest BCUT2D eigenvalue weighted by Gasteiger charge is -2.03. The molecule has 1 aromatic rings. The maximum atomic E-state index is 11.7. The van der Waals surface area contributed by atoms with E-state index in [1.165, 1.54) is 19.2 Å². The number of benzene rings is 1. The molecular formula is C12H8N2O4. The summed E-state index contributed by atoms with van der Waals surface area (Å²) in [6.45, 7) is 0. The van der Waals surface area contributed by atoms with Crippen LogP contribution in [-0.2, 0) is 9.59 Å². The molecule has 0 aliphatic carbocycles. The molecule has 0 saturated heterocycles. The lowest BCUT2D eigenvalue weighted by atomic mass is 10.0. The number of hydrogen-bond acceptors (Lipinski definition) is 4. The molecule has 0 aromatic heterocycles. The largest absolute Gasteiger partial charge is 0.497 e. The van der Waals surface area contributed by atoms with Gasteiger partial charge >= 0.3 is 5.97 Å². The van der Waals surface area contributed by atoms with Crippen LogP contribution in [0.1, 0.15) is 5.56 Å². The number of amides is 1. The zero-order valence-electron chi connectivity index (χ0n) is 9.35. The van der Waals surface area contributed by atoms with Crippen molar-refractivity contribution in [2.45, 2.75) is 0 Å². The van der Waals surface area contributed by atoms with Gasteiger partial charge in [-0.2, -0.15) is 5.26 Å². The quantitative estimate of drug-likeness (QED) is 0.597. The Morgan fingerprint density at radius 2 is 2.22 bits per heavy atom. The van der Waals surface area contributed by atoms with Crippen molar-refractivity contribution in [2.75, 3.05) is 12.4 Å². The summed E-state index contributed by atoms with van der Waals surface area (Å²) in [5, 5.41) is 20.2. The Morgan fingerprint density at radius 3 is 2.78 bits per heavy atom. The first kappa shape index (κ1) is 11.7. The van der Waals surface area contributed by atoms with E-state index in [1.54, 1.807) is 12.1 Å². The third-order valence-corrected chi connectivity index (χ3v) is 2.55. The highest BCUT2D eigenvalue weighted by Gasteiger charge is 2.30. The molecule has 2 N–H and O–H groups in total. The first-order valence-electron chi connectivity index (χ1n) is 4.96. The normalized spacial score (nSPS) is 15.4. The predicted octanol–water partition coefficient (Wildman–Crippen LogP) is 1.01. The molecule has 0 saturated carbocycles. The summed E-state index contributed by atoms with van der Waals surface area (Å²) in [5.74, 6) is -1.55. The maximum absolute atomic E-state index is 11.7. The Balaban J connectivity index is 2.71. The molecule has 0 fully saturated rings. The molecular weight excluding hydrogens is 236 g/mol. The van der Waals surface area contributed by atoms with Crippen molar-refractivity contribution in [3.05, 3.63) is 29.3 Å². The molecule has 1 aliphatic heterocycles. The highest BCUT2D eigenvalue weighted by atomic mass is 16.5. The number of carbonyl (C=O) groups is 2. The standard InChI is InChI=1S/C12H8N2O4/c1-18-6-2-3-9-7(4-6)10(11(15)14-9)8(5-13)12(16)17/h2-4H,1H3,(H,14,15)(H,16,17)/b10-8-. The molecule has 1 aliphatic rings. The molecule has 0 unspecified atom stereocenters. The zero-order chi connectivity index (χ0) is 13.3. The Bertz CT molecular complexity index is 625. The molecule has 1 heterocycles. The van der Waals surface area contributed by atoms with Crippen LogP contribution < -0.4 is 10.1 Å². The van der Waals surface area contributed by atoms with Crippen molar-refractivity contribution in [1.29, 1.82) is 5.26 Å². The number of aliphatic carboxylic acids is 1. The van der Waals surface area contributed by atoms with Gasteiger partial charge in [0.15, 0.2) is 5.57 Å². The van der Waals surface area contributed by atoms with Crippen molar-refractivity contribution >= 4 is 23.1 Å². The van der Waals surface area contributed by atoms with Gasteiger partial charge in [0.25, 0.3) is 5.91 Å². The van der Waals surface area contributed by atoms with E-state index in [-0.39, 0.29) is 5.57 Å². The second-order valence-electron chi connectivity index (χ2n) is 3.53. The van der Waals surface area contributed by atoms with Gasteiger partial charge in [0.05, 0.1) is 12.7 Å². The van der Waals surface area contributed by atoms with Gasteiger partial charge in [-0.1, -0.05) is 0 Å². The summed E-state index contributed by atoms with van der Waals surface area (Å²) in [7, 11) is 1.46. The van der Waals surface area contributed by atoms with Crippen LogP contribution >= 0.6 is 0 Å². The van der Waals surface area contributed by atoms with Crippen molar-refractivity contribution in [2.24, 2.45) is 0 Å². The van der Waals surface area contributed by atoms with Crippen LogP contribution in [-0.4, -0.2) is 24.1 Å². The Kier molecular flexibility index (Phi) is 2.73. The molecule has 18 heavy (non-hydrogen) atoms. The van der Waals surface area contributed by atoms with E-state index in [4.69, 9.17) is 15.1 Å². The van der Waals surface area contributed by atoms with Crippen molar-refractivity contribution < 1.29 is 19.4 Å². The number of nitrogens with zero attached hydrogens (tertiary/aromatic N) is 1. The van der Waals surface area contributed by atoms with Crippen LogP contribution in [0.15, 0.2) is 23.8 Å². The van der Waals surface area contributed by atoms with Gasteiger partial charge in [-0.15, -0.1) is 0 Å². The van der Waals surface area contributed by atoms with Crippen LogP contribution in [0.4, 0.5) is 5.69 Å². The zero-order valence-corrected chi connectivity index (χ0v) is 9.35. The Hall–Kier alpha value is -2.81. The molecule has 2 rings (SSSR count). The molecule has 0 bridgehead atoms. The van der Waals surface area contributed by atoms with E-state index in [0.717, 1.165) is 0 Å². The molecule has 6 nitrogen and oxygen atoms in total. The third-order valence-electron chi connectivity index (χ3n) is 2.55. The summed E-state index contributed by atoms with van der Waals surface area (Å²) in [5.41, 5.74) is 0.0986. The number of nitrogens with one attached hydrogen (secondary N) is 1. The van der Waals surface area contributed by atoms with Gasteiger partial charge in [-0.25, -0.2) is 4.79 Å². The summed E-state index contributed by atoms with van der Waals surface area (Å²) in [6, 6.07) is 6.27. The molecule has 0 spiro atoms. The highest BCUT2D eigenvalue weighted by Crippen LogP contribution is 2.36. The fourth-order valence-electron chi connectivity index (χ4n) is 1.73. The van der Waals surface area contributed by atoms with E-state index < -0.39 is 17.4 Å². The van der Waals surface area contributed by atoms with Crippen LogP contribution in [0.5, 0.6) is 5.75 Å². The van der Waals surface area contributed by atoms with Crippen molar-refractivity contribution in [1.82, 2.24) is 0 Å². The lowest BCUT2D eigenvalue weighted by molar-refractivity contribution is -0.132.